The van der Waals surface area contributed by atoms with Crippen molar-refractivity contribution < 1.29 is 14.3 Å². The molecule has 1 saturated carbocycles. The SMILES string of the molecule is CCn1ncc(Cn2cc(C(=O)N[C@H]3CCCC[C@@H]3O)c3c(F)cccc32)c1C. The van der Waals surface area contributed by atoms with Gasteiger partial charge in [-0.25, -0.2) is 4.39 Å². The first kappa shape index (κ1) is 19.6. The zero-order valence-electron chi connectivity index (χ0n) is 16.9. The number of nitrogens with one attached hydrogen (secondary N) is 1. The summed E-state index contributed by atoms with van der Waals surface area (Å²) in [7, 11) is 0. The van der Waals surface area contributed by atoms with Gasteiger partial charge >= 0.3 is 0 Å². The molecule has 1 aliphatic carbocycles. The average Bonchev–Trinajstić information content (AvgIpc) is 3.26. The van der Waals surface area contributed by atoms with Gasteiger partial charge in [-0.3, -0.25) is 9.48 Å². The fourth-order valence-corrected chi connectivity index (χ4v) is 4.28. The minimum atomic E-state index is -0.548. The van der Waals surface area contributed by atoms with E-state index in [1.54, 1.807) is 12.3 Å². The standard InChI is InChI=1S/C22H27FN4O2/c1-3-27-14(2)15(11-24-27)12-26-13-16(21-17(23)7-6-9-19(21)26)22(29)25-18-8-4-5-10-20(18)28/h6-7,9,11,13,18,20,28H,3-5,8,10,12H2,1-2H3,(H,25,29)/t18-,20-/m0/s1. The molecule has 6 nitrogen and oxygen atoms in total. The van der Waals surface area contributed by atoms with Gasteiger partial charge in [0.1, 0.15) is 5.82 Å². The molecule has 2 N–H and O–H groups in total. The lowest BCUT2D eigenvalue weighted by molar-refractivity contribution is 0.0718. The van der Waals surface area contributed by atoms with Crippen molar-refractivity contribution in [2.24, 2.45) is 0 Å². The van der Waals surface area contributed by atoms with Crippen LogP contribution in [0, 0.1) is 12.7 Å². The van der Waals surface area contributed by atoms with Gasteiger partial charge in [-0.05, 0) is 38.8 Å². The maximum atomic E-state index is 14.7. The third-order valence-corrected chi connectivity index (χ3v) is 5.99. The lowest BCUT2D eigenvalue weighted by atomic mass is 9.92. The zero-order valence-corrected chi connectivity index (χ0v) is 16.9. The molecule has 2 heterocycles. The van der Waals surface area contributed by atoms with Crippen LogP contribution in [0.15, 0.2) is 30.6 Å². The molecule has 0 saturated heterocycles. The number of carbonyl (C=O) groups excluding carboxylic acids is 1. The van der Waals surface area contributed by atoms with Crippen LogP contribution >= 0.6 is 0 Å². The minimum absolute atomic E-state index is 0.286. The number of aromatic nitrogens is 3. The lowest BCUT2D eigenvalue weighted by Crippen LogP contribution is -2.45. The number of amides is 1. The first-order valence-corrected chi connectivity index (χ1v) is 10.3. The molecule has 154 valence electrons. The Kier molecular flexibility index (Phi) is 5.41. The van der Waals surface area contributed by atoms with Crippen LogP contribution < -0.4 is 5.32 Å². The highest BCUT2D eigenvalue weighted by atomic mass is 19.1. The summed E-state index contributed by atoms with van der Waals surface area (Å²) in [5, 5.41) is 17.8. The number of hydrogen-bond donors (Lipinski definition) is 2. The minimum Gasteiger partial charge on any atom is -0.391 e. The number of aryl methyl sites for hydroxylation is 1. The molecule has 2 aromatic heterocycles. The number of rotatable bonds is 5. The maximum absolute atomic E-state index is 14.7. The second kappa shape index (κ2) is 7.99. The highest BCUT2D eigenvalue weighted by Crippen LogP contribution is 2.27. The predicted molar refractivity (Wildman–Crippen MR) is 109 cm³/mol. The quantitative estimate of drug-likeness (QED) is 0.692. The molecule has 1 amide bonds. The van der Waals surface area contributed by atoms with E-state index in [9.17, 15) is 14.3 Å². The van der Waals surface area contributed by atoms with Crippen molar-refractivity contribution >= 4 is 16.8 Å². The number of fused-ring (bicyclic) bond motifs is 1. The Morgan fingerprint density at radius 1 is 1.34 bits per heavy atom. The van der Waals surface area contributed by atoms with Crippen molar-refractivity contribution in [2.45, 2.75) is 64.8 Å². The summed E-state index contributed by atoms with van der Waals surface area (Å²) >= 11 is 0. The highest BCUT2D eigenvalue weighted by molar-refractivity contribution is 6.07. The largest absolute Gasteiger partial charge is 0.391 e. The average molecular weight is 398 g/mol. The Morgan fingerprint density at radius 2 is 2.14 bits per heavy atom. The molecule has 7 heteroatoms. The van der Waals surface area contributed by atoms with E-state index in [1.165, 1.54) is 6.07 Å². The lowest BCUT2D eigenvalue weighted by Gasteiger charge is -2.28. The van der Waals surface area contributed by atoms with Gasteiger partial charge in [0, 0.05) is 29.4 Å². The molecule has 1 aliphatic rings. The first-order chi connectivity index (χ1) is 14.0. The fraction of sp³-hybridized carbons (Fsp3) is 0.455. The van der Waals surface area contributed by atoms with Crippen LogP contribution in [0.3, 0.4) is 0 Å². The molecule has 4 rings (SSSR count). The van der Waals surface area contributed by atoms with Gasteiger partial charge in [0.25, 0.3) is 5.91 Å². The Morgan fingerprint density at radius 3 is 2.86 bits per heavy atom. The molecular weight excluding hydrogens is 371 g/mol. The zero-order chi connectivity index (χ0) is 20.5. The summed E-state index contributed by atoms with van der Waals surface area (Å²) in [6, 6.07) is 4.57. The number of aliphatic hydroxyl groups excluding tert-OH is 1. The normalized spacial score (nSPS) is 19.6. The molecule has 3 aromatic rings. The summed E-state index contributed by atoms with van der Waals surface area (Å²) in [6.45, 7) is 5.33. The summed E-state index contributed by atoms with van der Waals surface area (Å²) in [5.41, 5.74) is 3.06. The fourth-order valence-electron chi connectivity index (χ4n) is 4.28. The van der Waals surface area contributed by atoms with Crippen LogP contribution in [0.5, 0.6) is 0 Å². The van der Waals surface area contributed by atoms with Crippen LogP contribution in [0.2, 0.25) is 0 Å². The molecule has 0 unspecified atom stereocenters. The number of carbonyl (C=O) groups is 1. The molecular formula is C22H27FN4O2. The monoisotopic (exact) mass is 398 g/mol. The van der Waals surface area contributed by atoms with Crippen LogP contribution in [0.4, 0.5) is 4.39 Å². The van der Waals surface area contributed by atoms with E-state index in [0.29, 0.717) is 29.4 Å². The van der Waals surface area contributed by atoms with Gasteiger partial charge in [-0.1, -0.05) is 18.9 Å². The first-order valence-electron chi connectivity index (χ1n) is 10.3. The summed E-state index contributed by atoms with van der Waals surface area (Å²) in [5.74, 6) is -0.762. The van der Waals surface area contributed by atoms with Crippen LogP contribution in [-0.4, -0.2) is 37.5 Å². The van der Waals surface area contributed by atoms with Gasteiger partial charge in [0.05, 0.1) is 36.0 Å². The van der Waals surface area contributed by atoms with Crippen LogP contribution in [0.25, 0.3) is 10.9 Å². The Labute approximate surface area is 169 Å². The number of benzene rings is 1. The number of halogens is 1. The van der Waals surface area contributed by atoms with Gasteiger partial charge in [-0.15, -0.1) is 0 Å². The highest BCUT2D eigenvalue weighted by Gasteiger charge is 2.27. The van der Waals surface area contributed by atoms with Crippen molar-refractivity contribution in [3.8, 4) is 0 Å². The van der Waals surface area contributed by atoms with E-state index in [1.807, 2.05) is 35.4 Å². The van der Waals surface area contributed by atoms with Gasteiger partial charge in [0.15, 0.2) is 0 Å². The maximum Gasteiger partial charge on any atom is 0.253 e. The number of aliphatic hydroxyl groups is 1. The molecule has 0 radical (unpaired) electrons. The summed E-state index contributed by atoms with van der Waals surface area (Å²) in [6.07, 6.45) is 6.34. The van der Waals surface area contributed by atoms with Crippen LogP contribution in [-0.2, 0) is 13.1 Å². The summed E-state index contributed by atoms with van der Waals surface area (Å²) in [4.78, 5) is 13.0. The third kappa shape index (κ3) is 3.67. The smallest absolute Gasteiger partial charge is 0.253 e. The topological polar surface area (TPSA) is 72.1 Å². The number of nitrogens with zero attached hydrogens (tertiary/aromatic N) is 3. The van der Waals surface area contributed by atoms with Crippen molar-refractivity contribution in [2.75, 3.05) is 0 Å². The summed E-state index contributed by atoms with van der Waals surface area (Å²) < 4.78 is 18.5. The second-order valence-electron chi connectivity index (χ2n) is 7.81. The van der Waals surface area contributed by atoms with E-state index in [2.05, 4.69) is 10.4 Å². The molecule has 29 heavy (non-hydrogen) atoms. The van der Waals surface area contributed by atoms with Crippen molar-refractivity contribution in [1.29, 1.82) is 0 Å². The van der Waals surface area contributed by atoms with E-state index in [-0.39, 0.29) is 11.9 Å². The van der Waals surface area contributed by atoms with E-state index < -0.39 is 11.9 Å². The number of hydrogen-bond acceptors (Lipinski definition) is 3. The van der Waals surface area contributed by atoms with E-state index >= 15 is 0 Å². The van der Waals surface area contributed by atoms with Crippen LogP contribution in [0.1, 0.15) is 54.2 Å². The molecule has 1 fully saturated rings. The third-order valence-electron chi connectivity index (χ3n) is 5.99. The predicted octanol–water partition coefficient (Wildman–Crippen LogP) is 3.39. The Hall–Kier alpha value is -2.67. The van der Waals surface area contributed by atoms with Gasteiger partial charge in [0.2, 0.25) is 0 Å². The van der Waals surface area contributed by atoms with Gasteiger partial charge < -0.3 is 15.0 Å². The van der Waals surface area contributed by atoms with E-state index in [0.717, 1.165) is 37.1 Å². The van der Waals surface area contributed by atoms with Crippen molar-refractivity contribution in [1.82, 2.24) is 19.7 Å². The molecule has 1 aromatic carbocycles. The molecule has 0 aliphatic heterocycles. The second-order valence-corrected chi connectivity index (χ2v) is 7.81. The van der Waals surface area contributed by atoms with Crippen molar-refractivity contribution in [3.63, 3.8) is 0 Å². The molecule has 0 spiro atoms. The van der Waals surface area contributed by atoms with Gasteiger partial charge in [-0.2, -0.15) is 5.10 Å². The van der Waals surface area contributed by atoms with E-state index in [4.69, 9.17) is 0 Å². The Balaban J connectivity index is 1.69. The van der Waals surface area contributed by atoms with Crippen molar-refractivity contribution in [3.05, 3.63) is 53.2 Å². The molecule has 2 atom stereocenters. The molecule has 0 bridgehead atoms. The Bertz CT molecular complexity index is 1040.